The van der Waals surface area contributed by atoms with Crippen LogP contribution in [-0.2, 0) is 14.8 Å². The number of rotatable bonds is 7. The van der Waals surface area contributed by atoms with Crippen molar-refractivity contribution in [3.05, 3.63) is 17.5 Å². The molecule has 0 saturated heterocycles. The third-order valence-corrected chi connectivity index (χ3v) is 8.18. The van der Waals surface area contributed by atoms with E-state index in [0.717, 1.165) is 18.8 Å². The predicted molar refractivity (Wildman–Crippen MR) is 97.6 cm³/mol. The molecule has 5 nitrogen and oxygen atoms in total. The Morgan fingerprint density at radius 1 is 1.25 bits per heavy atom. The molecule has 1 saturated carbocycles. The van der Waals surface area contributed by atoms with E-state index in [1.54, 1.807) is 24.6 Å². The van der Waals surface area contributed by atoms with Crippen LogP contribution in [0.2, 0.25) is 0 Å². The van der Waals surface area contributed by atoms with Crippen LogP contribution in [-0.4, -0.2) is 50.2 Å². The summed E-state index contributed by atoms with van der Waals surface area (Å²) < 4.78 is 26.3. The summed E-state index contributed by atoms with van der Waals surface area (Å²) in [6, 6.07) is 3.69. The summed E-state index contributed by atoms with van der Waals surface area (Å²) in [5.74, 6) is 0.886. The van der Waals surface area contributed by atoms with Crippen molar-refractivity contribution in [2.24, 2.45) is 5.92 Å². The number of amides is 1. The number of nitrogens with zero attached hydrogens (tertiary/aromatic N) is 2. The van der Waals surface area contributed by atoms with Gasteiger partial charge >= 0.3 is 0 Å². The van der Waals surface area contributed by atoms with E-state index in [4.69, 9.17) is 0 Å². The lowest BCUT2D eigenvalue weighted by molar-refractivity contribution is -0.132. The highest BCUT2D eigenvalue weighted by molar-refractivity contribution is 7.91. The van der Waals surface area contributed by atoms with Crippen LogP contribution in [0.1, 0.15) is 45.4 Å². The monoisotopic (exact) mass is 372 g/mol. The molecule has 7 heteroatoms. The summed E-state index contributed by atoms with van der Waals surface area (Å²) in [6.07, 6.45) is 5.47. The van der Waals surface area contributed by atoms with Gasteiger partial charge in [-0.15, -0.1) is 11.3 Å². The van der Waals surface area contributed by atoms with Crippen LogP contribution >= 0.6 is 11.3 Å². The molecular formula is C17H28N2O3S2. The molecule has 24 heavy (non-hydrogen) atoms. The molecule has 1 aliphatic carbocycles. The van der Waals surface area contributed by atoms with Crippen LogP contribution < -0.4 is 0 Å². The second-order valence-corrected chi connectivity index (χ2v) is 10.00. The Bertz CT molecular complexity index is 620. The summed E-state index contributed by atoms with van der Waals surface area (Å²) in [5.41, 5.74) is 0. The van der Waals surface area contributed by atoms with E-state index in [-0.39, 0.29) is 5.91 Å². The summed E-state index contributed by atoms with van der Waals surface area (Å²) >= 11 is 1.22. The van der Waals surface area contributed by atoms with Crippen molar-refractivity contribution in [1.82, 2.24) is 9.21 Å². The number of sulfonamides is 1. The van der Waals surface area contributed by atoms with Crippen molar-refractivity contribution in [1.29, 1.82) is 0 Å². The van der Waals surface area contributed by atoms with Crippen molar-refractivity contribution in [3.8, 4) is 0 Å². The van der Waals surface area contributed by atoms with E-state index in [9.17, 15) is 13.2 Å². The predicted octanol–water partition coefficient (Wildman–Crippen LogP) is 3.19. The Morgan fingerprint density at radius 2 is 1.92 bits per heavy atom. The highest BCUT2D eigenvalue weighted by Gasteiger charge is 2.25. The highest BCUT2D eigenvalue weighted by Crippen LogP contribution is 2.27. The van der Waals surface area contributed by atoms with E-state index in [2.05, 4.69) is 6.92 Å². The topological polar surface area (TPSA) is 57.7 Å². The fourth-order valence-electron chi connectivity index (χ4n) is 3.15. The first-order chi connectivity index (χ1) is 11.3. The molecule has 2 rings (SSSR count). The summed E-state index contributed by atoms with van der Waals surface area (Å²) in [4.78, 5) is 14.2. The fraction of sp³-hybridized carbons (Fsp3) is 0.706. The number of hydrogen-bond donors (Lipinski definition) is 0. The molecule has 1 aliphatic rings. The van der Waals surface area contributed by atoms with Crippen LogP contribution in [0.25, 0.3) is 0 Å². The fourth-order valence-corrected chi connectivity index (χ4v) is 5.56. The van der Waals surface area contributed by atoms with Crippen molar-refractivity contribution in [3.63, 3.8) is 0 Å². The Labute approximate surface area is 149 Å². The van der Waals surface area contributed by atoms with Gasteiger partial charge in [0.05, 0.1) is 0 Å². The Hall–Kier alpha value is -0.920. The van der Waals surface area contributed by atoms with Gasteiger partial charge in [-0.3, -0.25) is 4.79 Å². The quantitative estimate of drug-likeness (QED) is 0.738. The van der Waals surface area contributed by atoms with Crippen LogP contribution in [0.3, 0.4) is 0 Å². The third-order valence-electron chi connectivity index (χ3n) is 4.95. The van der Waals surface area contributed by atoms with E-state index in [1.807, 2.05) is 11.9 Å². The molecule has 1 aromatic heterocycles. The van der Waals surface area contributed by atoms with E-state index in [1.165, 1.54) is 28.5 Å². The molecular weight excluding hydrogens is 344 g/mol. The number of carbonyl (C=O) groups is 1. The van der Waals surface area contributed by atoms with Gasteiger partial charge in [0, 0.05) is 33.1 Å². The number of hydrogen-bond acceptors (Lipinski definition) is 4. The summed E-state index contributed by atoms with van der Waals surface area (Å²) in [5, 5.41) is 1.75. The minimum atomic E-state index is -3.41. The lowest BCUT2D eigenvalue weighted by Crippen LogP contribution is -2.39. The first-order valence-corrected chi connectivity index (χ1v) is 10.9. The molecule has 0 aliphatic heterocycles. The van der Waals surface area contributed by atoms with Gasteiger partial charge in [0.15, 0.2) is 0 Å². The molecule has 0 unspecified atom stereocenters. The molecule has 0 radical (unpaired) electrons. The van der Waals surface area contributed by atoms with Gasteiger partial charge in [-0.1, -0.05) is 13.0 Å². The zero-order chi connectivity index (χ0) is 17.7. The maximum atomic E-state index is 12.3. The zero-order valence-corrected chi connectivity index (χ0v) is 16.4. The molecule has 1 aromatic rings. The van der Waals surface area contributed by atoms with E-state index < -0.39 is 10.0 Å². The lowest BCUT2D eigenvalue weighted by Gasteiger charge is -2.33. The minimum Gasteiger partial charge on any atom is -0.343 e. The van der Waals surface area contributed by atoms with Gasteiger partial charge in [0.2, 0.25) is 5.91 Å². The third kappa shape index (κ3) is 4.80. The van der Waals surface area contributed by atoms with Crippen molar-refractivity contribution >= 4 is 27.3 Å². The Balaban J connectivity index is 1.78. The van der Waals surface area contributed by atoms with Gasteiger partial charge in [-0.25, -0.2) is 12.7 Å². The first-order valence-electron chi connectivity index (χ1n) is 8.58. The second-order valence-electron chi connectivity index (χ2n) is 6.78. The Morgan fingerprint density at radius 3 is 2.50 bits per heavy atom. The molecule has 1 amide bonds. The Kier molecular flexibility index (Phi) is 6.83. The number of carbonyl (C=O) groups excluding carboxylic acids is 1. The average molecular weight is 373 g/mol. The normalized spacial score (nSPS) is 21.8. The maximum absolute atomic E-state index is 12.3. The molecule has 0 aromatic carbocycles. The maximum Gasteiger partial charge on any atom is 0.252 e. The smallest absolute Gasteiger partial charge is 0.252 e. The van der Waals surface area contributed by atoms with Crippen molar-refractivity contribution < 1.29 is 13.2 Å². The zero-order valence-electron chi connectivity index (χ0n) is 14.8. The minimum absolute atomic E-state index is 0.122. The molecule has 0 N–H and O–H groups in total. The molecule has 0 atom stereocenters. The second kappa shape index (κ2) is 8.45. The SMILES string of the molecule is CC1CCC(N(C)C(=O)CCCN(C)S(=O)(=O)c2cccs2)CC1. The molecule has 136 valence electrons. The van der Waals surface area contributed by atoms with Crippen LogP contribution in [0.15, 0.2) is 21.7 Å². The van der Waals surface area contributed by atoms with Crippen molar-refractivity contribution in [2.45, 2.75) is 55.7 Å². The van der Waals surface area contributed by atoms with Crippen LogP contribution in [0, 0.1) is 5.92 Å². The van der Waals surface area contributed by atoms with Gasteiger partial charge in [0.25, 0.3) is 10.0 Å². The molecule has 0 bridgehead atoms. The molecule has 1 heterocycles. The highest BCUT2D eigenvalue weighted by atomic mass is 32.2. The standard InChI is InChI=1S/C17H28N2O3S2/c1-14-8-10-15(11-9-14)19(3)16(20)6-4-12-18(2)24(21,22)17-7-5-13-23-17/h5,7,13-15H,4,6,8-12H2,1-3H3. The summed E-state index contributed by atoms with van der Waals surface area (Å²) in [7, 11) is 0.0457. The largest absolute Gasteiger partial charge is 0.343 e. The average Bonchev–Trinajstić information content (AvgIpc) is 3.09. The van der Waals surface area contributed by atoms with Gasteiger partial charge in [-0.2, -0.15) is 0 Å². The molecule has 1 fully saturated rings. The van der Waals surface area contributed by atoms with E-state index >= 15 is 0 Å². The first kappa shape index (κ1) is 19.4. The molecule has 0 spiro atoms. The number of thiophene rings is 1. The van der Waals surface area contributed by atoms with Crippen molar-refractivity contribution in [2.75, 3.05) is 20.6 Å². The van der Waals surface area contributed by atoms with Gasteiger partial charge < -0.3 is 4.90 Å². The van der Waals surface area contributed by atoms with E-state index in [0.29, 0.717) is 29.6 Å². The van der Waals surface area contributed by atoms with Crippen LogP contribution in [0.5, 0.6) is 0 Å². The lowest BCUT2D eigenvalue weighted by atomic mass is 9.86. The summed E-state index contributed by atoms with van der Waals surface area (Å²) in [6.45, 7) is 2.63. The van der Waals surface area contributed by atoms with Gasteiger partial charge in [0.1, 0.15) is 4.21 Å². The van der Waals surface area contributed by atoms with Crippen LogP contribution in [0.4, 0.5) is 0 Å². The van der Waals surface area contributed by atoms with Gasteiger partial charge in [-0.05, 0) is 49.5 Å².